The molecule has 1 fully saturated rings. The third-order valence-corrected chi connectivity index (χ3v) is 3.70. The highest BCUT2D eigenvalue weighted by molar-refractivity contribution is 5.33. The van der Waals surface area contributed by atoms with Gasteiger partial charge in [-0.1, -0.05) is 30.3 Å². The van der Waals surface area contributed by atoms with Gasteiger partial charge in [-0.3, -0.25) is 0 Å². The first-order valence-corrected chi connectivity index (χ1v) is 6.87. The van der Waals surface area contributed by atoms with Crippen molar-refractivity contribution in [3.63, 3.8) is 0 Å². The van der Waals surface area contributed by atoms with E-state index in [0.717, 1.165) is 23.8 Å². The van der Waals surface area contributed by atoms with E-state index in [2.05, 4.69) is 12.1 Å². The summed E-state index contributed by atoms with van der Waals surface area (Å²) in [5, 5.41) is 0. The topological polar surface area (TPSA) is 35.2 Å². The van der Waals surface area contributed by atoms with Crippen molar-refractivity contribution >= 4 is 0 Å². The molecule has 2 heteroatoms. The van der Waals surface area contributed by atoms with Gasteiger partial charge >= 0.3 is 0 Å². The van der Waals surface area contributed by atoms with E-state index in [4.69, 9.17) is 10.5 Å². The summed E-state index contributed by atoms with van der Waals surface area (Å²) in [4.78, 5) is 0. The van der Waals surface area contributed by atoms with E-state index < -0.39 is 0 Å². The first-order valence-electron chi connectivity index (χ1n) is 6.87. The third kappa shape index (κ3) is 3.15. The van der Waals surface area contributed by atoms with Crippen LogP contribution in [0.4, 0.5) is 0 Å². The Morgan fingerprint density at radius 1 is 0.895 bits per heavy atom. The van der Waals surface area contributed by atoms with Gasteiger partial charge in [0.15, 0.2) is 0 Å². The highest BCUT2D eigenvalue weighted by Gasteiger charge is 2.25. The molecule has 2 N–H and O–H groups in total. The maximum absolute atomic E-state index is 5.81. The SMILES string of the molecule is NC1CC(Cc2ccc(Oc3ccccc3)cc2)C1. The van der Waals surface area contributed by atoms with Crippen LogP contribution in [0.3, 0.4) is 0 Å². The molecule has 19 heavy (non-hydrogen) atoms. The molecule has 1 aliphatic rings. The fourth-order valence-corrected chi connectivity index (χ4v) is 2.61. The van der Waals surface area contributed by atoms with Crippen LogP contribution in [0, 0.1) is 5.92 Å². The second-order valence-corrected chi connectivity index (χ2v) is 5.36. The molecule has 0 atom stereocenters. The van der Waals surface area contributed by atoms with Crippen LogP contribution >= 0.6 is 0 Å². The number of hydrogen-bond donors (Lipinski definition) is 1. The Bertz CT molecular complexity index is 515. The predicted molar refractivity (Wildman–Crippen MR) is 77.4 cm³/mol. The minimum absolute atomic E-state index is 0.436. The first-order chi connectivity index (χ1) is 9.29. The Morgan fingerprint density at radius 2 is 1.53 bits per heavy atom. The Morgan fingerprint density at radius 3 is 2.16 bits per heavy atom. The molecular weight excluding hydrogens is 234 g/mol. The van der Waals surface area contributed by atoms with Crippen LogP contribution in [-0.4, -0.2) is 6.04 Å². The van der Waals surface area contributed by atoms with Crippen molar-refractivity contribution in [1.82, 2.24) is 0 Å². The standard InChI is InChI=1S/C17H19NO/c18-15-11-14(12-15)10-13-6-8-17(9-7-13)19-16-4-2-1-3-5-16/h1-9,14-15H,10-12,18H2. The molecule has 98 valence electrons. The summed E-state index contributed by atoms with van der Waals surface area (Å²) in [5.41, 5.74) is 7.19. The lowest BCUT2D eigenvalue weighted by Crippen LogP contribution is -2.37. The number of hydrogen-bond acceptors (Lipinski definition) is 2. The average molecular weight is 253 g/mol. The summed E-state index contributed by atoms with van der Waals surface area (Å²) >= 11 is 0. The molecule has 0 heterocycles. The summed E-state index contributed by atoms with van der Waals surface area (Å²) in [7, 11) is 0. The molecule has 0 spiro atoms. The Hall–Kier alpha value is -1.80. The lowest BCUT2D eigenvalue weighted by molar-refractivity contribution is 0.264. The highest BCUT2D eigenvalue weighted by Crippen LogP contribution is 2.30. The van der Waals surface area contributed by atoms with E-state index in [1.807, 2.05) is 42.5 Å². The maximum Gasteiger partial charge on any atom is 0.127 e. The van der Waals surface area contributed by atoms with Crippen molar-refractivity contribution in [3.05, 3.63) is 60.2 Å². The summed E-state index contributed by atoms with van der Waals surface area (Å²) < 4.78 is 5.78. The van der Waals surface area contributed by atoms with Crippen LogP contribution < -0.4 is 10.5 Å². The van der Waals surface area contributed by atoms with E-state index in [0.29, 0.717) is 6.04 Å². The Balaban J connectivity index is 1.59. The lowest BCUT2D eigenvalue weighted by atomic mass is 9.77. The first kappa shape index (κ1) is 12.2. The molecular formula is C17H19NO. The van der Waals surface area contributed by atoms with Gasteiger partial charge in [-0.2, -0.15) is 0 Å². The Labute approximate surface area is 114 Å². The van der Waals surface area contributed by atoms with Gasteiger partial charge in [0.1, 0.15) is 11.5 Å². The average Bonchev–Trinajstić information content (AvgIpc) is 2.40. The summed E-state index contributed by atoms with van der Waals surface area (Å²) in [6, 6.07) is 18.7. The van der Waals surface area contributed by atoms with Gasteiger partial charge in [-0.05, 0) is 55.0 Å². The van der Waals surface area contributed by atoms with Crippen LogP contribution in [0.5, 0.6) is 11.5 Å². The van der Waals surface area contributed by atoms with Gasteiger partial charge in [-0.25, -0.2) is 0 Å². The smallest absolute Gasteiger partial charge is 0.127 e. The molecule has 2 nitrogen and oxygen atoms in total. The highest BCUT2D eigenvalue weighted by atomic mass is 16.5. The van der Waals surface area contributed by atoms with Crippen molar-refractivity contribution in [2.45, 2.75) is 25.3 Å². The van der Waals surface area contributed by atoms with Crippen LogP contribution in [0.15, 0.2) is 54.6 Å². The number of benzene rings is 2. The number of para-hydroxylation sites is 1. The zero-order chi connectivity index (χ0) is 13.1. The van der Waals surface area contributed by atoms with Crippen molar-refractivity contribution in [2.75, 3.05) is 0 Å². The minimum atomic E-state index is 0.436. The molecule has 2 aromatic rings. The predicted octanol–water partition coefficient (Wildman–Crippen LogP) is 3.76. The molecule has 2 aromatic carbocycles. The van der Waals surface area contributed by atoms with Gasteiger partial charge in [0.05, 0.1) is 0 Å². The maximum atomic E-state index is 5.81. The fraction of sp³-hybridized carbons (Fsp3) is 0.294. The number of rotatable bonds is 4. The third-order valence-electron chi connectivity index (χ3n) is 3.70. The molecule has 0 saturated heterocycles. The second-order valence-electron chi connectivity index (χ2n) is 5.36. The van der Waals surface area contributed by atoms with E-state index >= 15 is 0 Å². The van der Waals surface area contributed by atoms with Crippen molar-refractivity contribution in [1.29, 1.82) is 0 Å². The van der Waals surface area contributed by atoms with Gasteiger partial charge in [0.25, 0.3) is 0 Å². The van der Waals surface area contributed by atoms with Crippen molar-refractivity contribution in [2.24, 2.45) is 11.7 Å². The molecule has 1 aliphatic carbocycles. The number of nitrogens with two attached hydrogens (primary N) is 1. The minimum Gasteiger partial charge on any atom is -0.457 e. The normalized spacial score (nSPS) is 21.7. The van der Waals surface area contributed by atoms with Crippen LogP contribution in [0.25, 0.3) is 0 Å². The molecule has 0 bridgehead atoms. The molecule has 0 aliphatic heterocycles. The molecule has 0 radical (unpaired) electrons. The molecule has 0 aromatic heterocycles. The van der Waals surface area contributed by atoms with E-state index in [-0.39, 0.29) is 0 Å². The zero-order valence-electron chi connectivity index (χ0n) is 11.0. The van der Waals surface area contributed by atoms with Crippen LogP contribution in [0.2, 0.25) is 0 Å². The molecule has 3 rings (SSSR count). The van der Waals surface area contributed by atoms with Gasteiger partial charge in [0, 0.05) is 6.04 Å². The second kappa shape index (κ2) is 5.45. The summed E-state index contributed by atoms with van der Waals surface area (Å²) in [6.07, 6.45) is 3.48. The Kier molecular flexibility index (Phi) is 3.51. The summed E-state index contributed by atoms with van der Waals surface area (Å²) in [5.74, 6) is 2.54. The van der Waals surface area contributed by atoms with Crippen LogP contribution in [-0.2, 0) is 6.42 Å². The number of ether oxygens (including phenoxy) is 1. The largest absolute Gasteiger partial charge is 0.457 e. The van der Waals surface area contributed by atoms with Gasteiger partial charge < -0.3 is 10.5 Å². The molecule has 1 saturated carbocycles. The zero-order valence-corrected chi connectivity index (χ0v) is 11.0. The quantitative estimate of drug-likeness (QED) is 0.900. The molecule has 0 amide bonds. The van der Waals surface area contributed by atoms with Crippen molar-refractivity contribution < 1.29 is 4.74 Å². The fourth-order valence-electron chi connectivity index (χ4n) is 2.61. The molecule has 0 unspecified atom stereocenters. The van der Waals surface area contributed by atoms with Crippen LogP contribution in [0.1, 0.15) is 18.4 Å². The lowest BCUT2D eigenvalue weighted by Gasteiger charge is -2.32. The van der Waals surface area contributed by atoms with E-state index in [1.54, 1.807) is 0 Å². The monoisotopic (exact) mass is 253 g/mol. The van der Waals surface area contributed by atoms with Gasteiger partial charge in [-0.15, -0.1) is 0 Å². The van der Waals surface area contributed by atoms with Crippen molar-refractivity contribution in [3.8, 4) is 11.5 Å². The van der Waals surface area contributed by atoms with E-state index in [1.165, 1.54) is 18.4 Å². The van der Waals surface area contributed by atoms with Gasteiger partial charge in [0.2, 0.25) is 0 Å². The summed E-state index contributed by atoms with van der Waals surface area (Å²) in [6.45, 7) is 0. The van der Waals surface area contributed by atoms with E-state index in [9.17, 15) is 0 Å².